The summed E-state index contributed by atoms with van der Waals surface area (Å²) in [6.45, 7) is 0. The Morgan fingerprint density at radius 2 is 2.00 bits per heavy atom. The molecule has 0 saturated heterocycles. The van der Waals surface area contributed by atoms with Gasteiger partial charge in [-0.25, -0.2) is 4.79 Å². The van der Waals surface area contributed by atoms with Crippen LogP contribution < -0.4 is 0 Å². The maximum atomic E-state index is 11.2. The molecule has 0 N–H and O–H groups in total. The smallest absolute Gasteiger partial charge is 0.335 e. The fourth-order valence-electron chi connectivity index (χ4n) is 1.59. The van der Waals surface area contributed by atoms with Gasteiger partial charge in [-0.05, 0) is 11.6 Å². The number of esters is 1. The molecule has 78 valence electrons. The van der Waals surface area contributed by atoms with Crippen LogP contribution in [0.15, 0.2) is 42.0 Å². The number of halogens is 1. The fourth-order valence-corrected chi connectivity index (χ4v) is 1.78. The highest BCUT2D eigenvalue weighted by Gasteiger charge is 2.24. The van der Waals surface area contributed by atoms with E-state index < -0.39 is 0 Å². The van der Waals surface area contributed by atoms with Gasteiger partial charge in [-0.1, -0.05) is 30.3 Å². The molecule has 1 aliphatic heterocycles. The van der Waals surface area contributed by atoms with Crippen LogP contribution in [0.3, 0.4) is 0 Å². The molecule has 0 bridgehead atoms. The highest BCUT2D eigenvalue weighted by Crippen LogP contribution is 2.18. The maximum absolute atomic E-state index is 11.2. The van der Waals surface area contributed by atoms with Crippen LogP contribution in [0.4, 0.5) is 0 Å². The summed E-state index contributed by atoms with van der Waals surface area (Å²) in [6, 6.07) is 9.93. The van der Waals surface area contributed by atoms with Crippen LogP contribution in [0.2, 0.25) is 0 Å². The minimum absolute atomic E-state index is 0.159. The van der Waals surface area contributed by atoms with Crippen molar-refractivity contribution in [2.45, 2.75) is 12.5 Å². The van der Waals surface area contributed by atoms with Crippen LogP contribution in [0.5, 0.6) is 0 Å². The summed E-state index contributed by atoms with van der Waals surface area (Å²) in [4.78, 5) is 11.2. The van der Waals surface area contributed by atoms with Gasteiger partial charge < -0.3 is 4.74 Å². The predicted octanol–water partition coefficient (Wildman–Crippen LogP) is 2.32. The van der Waals surface area contributed by atoms with Crippen LogP contribution in [-0.2, 0) is 16.0 Å². The van der Waals surface area contributed by atoms with Gasteiger partial charge in [0.05, 0.1) is 11.5 Å². The lowest BCUT2D eigenvalue weighted by Gasteiger charge is -2.07. The summed E-state index contributed by atoms with van der Waals surface area (Å²) in [7, 11) is 0. The standard InChI is InChI=1S/C12H11ClO2/c13-8-10-7-11(15-12(10)14)6-9-4-2-1-3-5-9/h1-5,7,11H,6,8H2. The number of ether oxygens (including phenoxy) is 1. The Kier molecular flexibility index (Phi) is 3.07. The van der Waals surface area contributed by atoms with Crippen LogP contribution in [0.1, 0.15) is 5.56 Å². The summed E-state index contributed by atoms with van der Waals surface area (Å²) in [6.07, 6.45) is 2.36. The average molecular weight is 223 g/mol. The molecule has 3 heteroatoms. The number of rotatable bonds is 3. The van der Waals surface area contributed by atoms with E-state index in [-0.39, 0.29) is 18.0 Å². The van der Waals surface area contributed by atoms with Gasteiger partial charge in [0.15, 0.2) is 0 Å². The highest BCUT2D eigenvalue weighted by molar-refractivity contribution is 6.22. The number of alkyl halides is 1. The number of hydrogen-bond acceptors (Lipinski definition) is 2. The SMILES string of the molecule is O=C1OC(Cc2ccccc2)C=C1CCl. The molecule has 1 aliphatic rings. The van der Waals surface area contributed by atoms with Crippen LogP contribution in [-0.4, -0.2) is 18.0 Å². The lowest BCUT2D eigenvalue weighted by molar-refractivity contribution is -0.139. The van der Waals surface area contributed by atoms with Crippen molar-refractivity contribution in [1.82, 2.24) is 0 Å². The molecule has 0 aromatic heterocycles. The molecule has 1 atom stereocenters. The monoisotopic (exact) mass is 222 g/mol. The van der Waals surface area contributed by atoms with Crippen LogP contribution in [0, 0.1) is 0 Å². The first-order valence-electron chi connectivity index (χ1n) is 4.81. The molecule has 1 aromatic carbocycles. The van der Waals surface area contributed by atoms with Crippen LogP contribution in [0.25, 0.3) is 0 Å². The van der Waals surface area contributed by atoms with E-state index in [2.05, 4.69) is 0 Å². The van der Waals surface area contributed by atoms with Gasteiger partial charge >= 0.3 is 5.97 Å². The zero-order valence-electron chi connectivity index (χ0n) is 8.15. The molecule has 0 radical (unpaired) electrons. The number of cyclic esters (lactones) is 1. The maximum Gasteiger partial charge on any atom is 0.335 e. The summed E-state index contributed by atoms with van der Waals surface area (Å²) >= 11 is 5.60. The second-order valence-corrected chi connectivity index (χ2v) is 3.73. The van der Waals surface area contributed by atoms with E-state index in [1.807, 2.05) is 36.4 Å². The third-order valence-corrected chi connectivity index (χ3v) is 2.62. The van der Waals surface area contributed by atoms with E-state index in [9.17, 15) is 4.79 Å². The minimum Gasteiger partial charge on any atom is -0.454 e. The molecule has 1 unspecified atom stereocenters. The van der Waals surface area contributed by atoms with Gasteiger partial charge in [-0.15, -0.1) is 11.6 Å². The van der Waals surface area contributed by atoms with Crippen molar-refractivity contribution in [2.75, 3.05) is 5.88 Å². The minimum atomic E-state index is -0.286. The van der Waals surface area contributed by atoms with E-state index in [1.54, 1.807) is 0 Å². The molecular formula is C12H11ClO2. The molecule has 15 heavy (non-hydrogen) atoms. The third kappa shape index (κ3) is 2.39. The van der Waals surface area contributed by atoms with E-state index in [4.69, 9.17) is 16.3 Å². The Hall–Kier alpha value is -1.28. The van der Waals surface area contributed by atoms with Crippen LogP contribution >= 0.6 is 11.6 Å². The molecule has 0 amide bonds. The number of carbonyl (C=O) groups is 1. The van der Waals surface area contributed by atoms with Gasteiger partial charge in [0, 0.05) is 6.42 Å². The molecule has 0 aliphatic carbocycles. The Morgan fingerprint density at radius 1 is 1.27 bits per heavy atom. The van der Waals surface area contributed by atoms with Crippen molar-refractivity contribution in [2.24, 2.45) is 0 Å². The Labute approximate surface area is 93.5 Å². The topological polar surface area (TPSA) is 26.3 Å². The second-order valence-electron chi connectivity index (χ2n) is 3.46. The molecule has 0 spiro atoms. The van der Waals surface area contributed by atoms with Gasteiger partial charge in [0.1, 0.15) is 6.10 Å². The normalized spacial score (nSPS) is 19.9. The molecule has 2 rings (SSSR count). The van der Waals surface area contributed by atoms with Crippen molar-refractivity contribution >= 4 is 17.6 Å². The van der Waals surface area contributed by atoms with Crippen molar-refractivity contribution in [3.05, 3.63) is 47.5 Å². The molecule has 0 fully saturated rings. The molecule has 1 aromatic rings. The van der Waals surface area contributed by atoms with Crippen molar-refractivity contribution in [3.8, 4) is 0 Å². The third-order valence-electron chi connectivity index (χ3n) is 2.33. The van der Waals surface area contributed by atoms with Crippen molar-refractivity contribution < 1.29 is 9.53 Å². The summed E-state index contributed by atoms with van der Waals surface area (Å²) in [5, 5.41) is 0. The van der Waals surface area contributed by atoms with E-state index in [1.165, 1.54) is 0 Å². The first-order chi connectivity index (χ1) is 7.29. The summed E-state index contributed by atoms with van der Waals surface area (Å²) in [5.41, 5.74) is 1.72. The molecule has 1 heterocycles. The number of hydrogen-bond donors (Lipinski definition) is 0. The van der Waals surface area contributed by atoms with Gasteiger partial charge in [-0.3, -0.25) is 0 Å². The number of benzene rings is 1. The largest absolute Gasteiger partial charge is 0.454 e. The zero-order valence-corrected chi connectivity index (χ0v) is 8.91. The van der Waals surface area contributed by atoms with Crippen molar-refractivity contribution in [1.29, 1.82) is 0 Å². The van der Waals surface area contributed by atoms with Gasteiger partial charge in [0.25, 0.3) is 0 Å². The van der Waals surface area contributed by atoms with E-state index in [0.717, 1.165) is 5.56 Å². The molecule has 0 saturated carbocycles. The average Bonchev–Trinajstić information content (AvgIpc) is 2.60. The molecule has 2 nitrogen and oxygen atoms in total. The predicted molar refractivity (Wildman–Crippen MR) is 58.8 cm³/mol. The first-order valence-corrected chi connectivity index (χ1v) is 5.34. The quantitative estimate of drug-likeness (QED) is 0.580. The Morgan fingerprint density at radius 3 is 2.60 bits per heavy atom. The van der Waals surface area contributed by atoms with Gasteiger partial charge in [-0.2, -0.15) is 0 Å². The highest BCUT2D eigenvalue weighted by atomic mass is 35.5. The second kappa shape index (κ2) is 4.49. The first kappa shape index (κ1) is 10.2. The Balaban J connectivity index is 2.04. The zero-order chi connectivity index (χ0) is 10.7. The fraction of sp³-hybridized carbons (Fsp3) is 0.250. The van der Waals surface area contributed by atoms with Gasteiger partial charge in [0.2, 0.25) is 0 Å². The summed E-state index contributed by atoms with van der Waals surface area (Å²) in [5.74, 6) is -0.0599. The Bertz CT molecular complexity index is 384. The van der Waals surface area contributed by atoms with E-state index in [0.29, 0.717) is 12.0 Å². The molecular weight excluding hydrogens is 212 g/mol. The lowest BCUT2D eigenvalue weighted by Crippen LogP contribution is -2.11. The summed E-state index contributed by atoms with van der Waals surface area (Å²) < 4.78 is 5.15. The number of carbonyl (C=O) groups excluding carboxylic acids is 1. The lowest BCUT2D eigenvalue weighted by atomic mass is 10.1. The van der Waals surface area contributed by atoms with E-state index >= 15 is 0 Å². The van der Waals surface area contributed by atoms with Crippen molar-refractivity contribution in [3.63, 3.8) is 0 Å².